The number of benzene rings is 2. The highest BCUT2D eigenvalue weighted by Gasteiger charge is 2.55. The van der Waals surface area contributed by atoms with Crippen LogP contribution in [0.1, 0.15) is 35.5 Å². The first kappa shape index (κ1) is 22.5. The molecule has 0 radical (unpaired) electrons. The molecular weight excluding hydrogens is 476 g/mol. The van der Waals surface area contributed by atoms with E-state index in [1.54, 1.807) is 11.5 Å². The van der Waals surface area contributed by atoms with E-state index in [1.807, 2.05) is 79.2 Å². The second-order valence-electron chi connectivity index (χ2n) is 9.15. The number of aromatic nitrogens is 3. The molecule has 8 nitrogen and oxygen atoms in total. The molecule has 2 aromatic carbocycles. The zero-order valence-corrected chi connectivity index (χ0v) is 21.1. The predicted molar refractivity (Wildman–Crippen MR) is 135 cm³/mol. The predicted octanol–water partition coefficient (Wildman–Crippen LogP) is 2.66. The number of hydrogen-bond acceptors (Lipinski definition) is 7. The molecule has 3 atom stereocenters. The molecule has 0 saturated heterocycles. The summed E-state index contributed by atoms with van der Waals surface area (Å²) < 4.78 is 15.4. The van der Waals surface area contributed by atoms with Gasteiger partial charge >= 0.3 is 5.97 Å². The van der Waals surface area contributed by atoms with Gasteiger partial charge in [-0.3, -0.25) is 14.2 Å². The number of methoxy groups -OCH3 is 1. The number of aryl methyl sites for hydroxylation is 1. The van der Waals surface area contributed by atoms with Crippen molar-refractivity contribution in [3.8, 4) is 11.4 Å². The number of nitrogens with zero attached hydrogens (tertiary/aromatic N) is 4. The summed E-state index contributed by atoms with van der Waals surface area (Å²) in [7, 11) is 1.34. The number of para-hydroxylation sites is 2. The van der Waals surface area contributed by atoms with Crippen molar-refractivity contribution < 1.29 is 14.3 Å². The fraction of sp³-hybridized carbons (Fsp3) is 0.259. The molecule has 9 heteroatoms. The Morgan fingerprint density at radius 2 is 1.86 bits per heavy atom. The second-order valence-corrected chi connectivity index (χ2v) is 10.2. The van der Waals surface area contributed by atoms with Gasteiger partial charge in [0.1, 0.15) is 11.7 Å². The molecule has 4 aromatic rings. The van der Waals surface area contributed by atoms with Crippen LogP contribution in [0.25, 0.3) is 11.8 Å². The molecule has 2 aliphatic heterocycles. The average molecular weight is 501 g/mol. The number of carbonyl (C=O) groups excluding carboxylic acids is 1. The lowest BCUT2D eigenvalue weighted by Gasteiger charge is -2.44. The number of carbonyl (C=O) groups is 1. The Kier molecular flexibility index (Phi) is 5.01. The Labute approximate surface area is 210 Å². The summed E-state index contributed by atoms with van der Waals surface area (Å²) in [5, 5.41) is 4.71. The minimum Gasteiger partial charge on any atom is -0.469 e. The van der Waals surface area contributed by atoms with Crippen LogP contribution in [0.5, 0.6) is 5.75 Å². The van der Waals surface area contributed by atoms with Crippen LogP contribution in [0.4, 0.5) is 0 Å². The Hall–Kier alpha value is -3.98. The fourth-order valence-corrected chi connectivity index (χ4v) is 6.33. The van der Waals surface area contributed by atoms with Crippen molar-refractivity contribution in [1.29, 1.82) is 0 Å². The van der Waals surface area contributed by atoms with Crippen molar-refractivity contribution in [1.82, 2.24) is 14.3 Å². The maximum absolute atomic E-state index is 13.9. The molecule has 0 amide bonds. The topological polar surface area (TPSA) is 87.7 Å². The van der Waals surface area contributed by atoms with Crippen molar-refractivity contribution in [3.05, 3.63) is 96.8 Å². The maximum Gasteiger partial charge on any atom is 0.317 e. The van der Waals surface area contributed by atoms with Crippen LogP contribution in [0.2, 0.25) is 0 Å². The lowest BCUT2D eigenvalue weighted by molar-refractivity contribution is -0.158. The first-order valence-corrected chi connectivity index (χ1v) is 12.4. The Balaban J connectivity index is 1.58. The van der Waals surface area contributed by atoms with Crippen LogP contribution in [0.15, 0.2) is 64.4 Å². The third-order valence-corrected chi connectivity index (χ3v) is 7.94. The van der Waals surface area contributed by atoms with E-state index in [0.717, 1.165) is 28.2 Å². The summed E-state index contributed by atoms with van der Waals surface area (Å²) in [6.07, 6.45) is 1.87. The van der Waals surface area contributed by atoms with E-state index in [0.29, 0.717) is 15.1 Å². The largest absolute Gasteiger partial charge is 0.469 e. The first-order valence-electron chi connectivity index (χ1n) is 11.6. The zero-order chi connectivity index (χ0) is 25.2. The van der Waals surface area contributed by atoms with Gasteiger partial charge in [-0.2, -0.15) is 5.10 Å². The molecule has 36 heavy (non-hydrogen) atoms. The number of esters is 1. The van der Waals surface area contributed by atoms with Gasteiger partial charge in [-0.1, -0.05) is 47.7 Å². The Morgan fingerprint density at radius 3 is 2.61 bits per heavy atom. The average Bonchev–Trinajstić information content (AvgIpc) is 3.33. The molecule has 2 aromatic heterocycles. The number of ether oxygens (including phenoxy) is 2. The Morgan fingerprint density at radius 1 is 1.14 bits per heavy atom. The fourth-order valence-electron chi connectivity index (χ4n) is 5.25. The van der Waals surface area contributed by atoms with Gasteiger partial charge in [0.25, 0.3) is 5.56 Å². The van der Waals surface area contributed by atoms with Gasteiger partial charge in [-0.05, 0) is 45.0 Å². The number of rotatable bonds is 3. The number of hydrogen-bond donors (Lipinski definition) is 0. The highest BCUT2D eigenvalue weighted by atomic mass is 32.1. The van der Waals surface area contributed by atoms with Gasteiger partial charge in [0.15, 0.2) is 4.80 Å². The highest BCUT2D eigenvalue weighted by molar-refractivity contribution is 7.07. The summed E-state index contributed by atoms with van der Waals surface area (Å²) in [5.41, 5.74) is 2.94. The maximum atomic E-state index is 13.9. The van der Waals surface area contributed by atoms with Gasteiger partial charge in [0.05, 0.1) is 29.1 Å². The molecule has 0 saturated carbocycles. The van der Waals surface area contributed by atoms with Crippen LogP contribution < -0.4 is 19.6 Å². The molecule has 0 spiro atoms. The van der Waals surface area contributed by atoms with E-state index in [9.17, 15) is 9.59 Å². The van der Waals surface area contributed by atoms with Crippen LogP contribution >= 0.6 is 11.3 Å². The molecule has 0 N–H and O–H groups in total. The molecule has 4 heterocycles. The van der Waals surface area contributed by atoms with Crippen LogP contribution in [-0.2, 0) is 9.53 Å². The van der Waals surface area contributed by atoms with Gasteiger partial charge in [0, 0.05) is 16.8 Å². The molecule has 0 aliphatic carbocycles. The van der Waals surface area contributed by atoms with Crippen molar-refractivity contribution in [2.75, 3.05) is 7.11 Å². The summed E-state index contributed by atoms with van der Waals surface area (Å²) in [4.78, 5) is 32.1. The summed E-state index contributed by atoms with van der Waals surface area (Å²) >= 11 is 1.29. The molecule has 2 aliphatic rings. The van der Waals surface area contributed by atoms with Gasteiger partial charge < -0.3 is 9.47 Å². The van der Waals surface area contributed by atoms with Crippen LogP contribution in [-0.4, -0.2) is 33.2 Å². The van der Waals surface area contributed by atoms with E-state index >= 15 is 0 Å². The van der Waals surface area contributed by atoms with Gasteiger partial charge in [-0.15, -0.1) is 0 Å². The third-order valence-electron chi connectivity index (χ3n) is 6.96. The van der Waals surface area contributed by atoms with Crippen molar-refractivity contribution >= 4 is 23.4 Å². The summed E-state index contributed by atoms with van der Waals surface area (Å²) in [5.74, 6) is -0.653. The zero-order valence-electron chi connectivity index (χ0n) is 20.3. The van der Waals surface area contributed by atoms with E-state index < -0.39 is 23.7 Å². The molecule has 182 valence electrons. The van der Waals surface area contributed by atoms with E-state index in [2.05, 4.69) is 0 Å². The molecular formula is C27H24N4O4S. The molecule has 0 fully saturated rings. The molecule has 6 rings (SSSR count). The minimum absolute atomic E-state index is 0.206. The third kappa shape index (κ3) is 3.19. The minimum atomic E-state index is -1.19. The van der Waals surface area contributed by atoms with Gasteiger partial charge in [-0.25, -0.2) is 9.67 Å². The number of fused-ring (bicyclic) bond motifs is 6. The first-order chi connectivity index (χ1) is 17.3. The summed E-state index contributed by atoms with van der Waals surface area (Å²) in [6.45, 7) is 5.69. The highest BCUT2D eigenvalue weighted by Crippen LogP contribution is 2.47. The second kappa shape index (κ2) is 8.03. The normalized spacial score (nSPS) is 22.3. The van der Waals surface area contributed by atoms with Gasteiger partial charge in [0.2, 0.25) is 5.72 Å². The summed E-state index contributed by atoms with van der Waals surface area (Å²) in [6, 6.07) is 16.8. The smallest absolute Gasteiger partial charge is 0.317 e. The van der Waals surface area contributed by atoms with E-state index in [-0.39, 0.29) is 5.56 Å². The lowest BCUT2D eigenvalue weighted by atomic mass is 9.81. The standard InChI is InChI=1S/C27H24N4O4S/c1-15-19(16(2)31(29-15)17-10-6-5-7-11-17)14-21-24(32)30-23-18-12-8-9-13-20(18)35-27(3,28-26(30)36-21)22(23)25(33)34-4/h5-14,22-23H,1-4H3/b21-14+/t22-,23+,27+/m1/s1. The van der Waals surface area contributed by atoms with Crippen LogP contribution in [0, 0.1) is 19.8 Å². The van der Waals surface area contributed by atoms with Crippen molar-refractivity contribution in [3.63, 3.8) is 0 Å². The molecule has 2 bridgehead atoms. The van der Waals surface area contributed by atoms with Crippen LogP contribution in [0.3, 0.4) is 0 Å². The van der Waals surface area contributed by atoms with E-state index in [1.165, 1.54) is 18.4 Å². The monoisotopic (exact) mass is 500 g/mol. The lowest BCUT2D eigenvalue weighted by Crippen LogP contribution is -2.58. The quantitative estimate of drug-likeness (QED) is 0.404. The van der Waals surface area contributed by atoms with Crippen molar-refractivity contribution in [2.24, 2.45) is 10.9 Å². The molecule has 0 unspecified atom stereocenters. The Bertz CT molecular complexity index is 1700. The van der Waals surface area contributed by atoms with Crippen molar-refractivity contribution in [2.45, 2.75) is 32.5 Å². The number of thiazole rings is 1. The van der Waals surface area contributed by atoms with E-state index in [4.69, 9.17) is 19.6 Å². The SMILES string of the molecule is COC(=O)[C@H]1[C@@H]2c3ccccc3O[C@]1(C)N=c1s/c(=C/c3c(C)nn(-c4ccccc4)c3C)c(=O)n12.